The van der Waals surface area contributed by atoms with Crippen molar-refractivity contribution >= 4 is 32.6 Å². The SMILES string of the molecule is CCOc1ccc2nc(NC(=O)CCc3ccccc3OC)sc2c1. The highest BCUT2D eigenvalue weighted by molar-refractivity contribution is 7.22. The zero-order valence-corrected chi connectivity index (χ0v) is 15.1. The summed E-state index contributed by atoms with van der Waals surface area (Å²) in [6, 6.07) is 13.5. The van der Waals surface area contributed by atoms with Gasteiger partial charge in [0.25, 0.3) is 0 Å². The summed E-state index contributed by atoms with van der Waals surface area (Å²) in [4.78, 5) is 16.7. The number of nitrogens with zero attached hydrogens (tertiary/aromatic N) is 1. The third-order valence-electron chi connectivity index (χ3n) is 3.73. The third-order valence-corrected chi connectivity index (χ3v) is 4.66. The fraction of sp³-hybridized carbons (Fsp3) is 0.263. The first-order valence-electron chi connectivity index (χ1n) is 8.14. The Labute approximate surface area is 150 Å². The molecule has 0 bridgehead atoms. The highest BCUT2D eigenvalue weighted by Crippen LogP contribution is 2.29. The number of carbonyl (C=O) groups is 1. The van der Waals surface area contributed by atoms with Crippen LogP contribution in [-0.4, -0.2) is 24.6 Å². The molecule has 0 atom stereocenters. The molecule has 0 aliphatic rings. The number of hydrogen-bond donors (Lipinski definition) is 1. The van der Waals surface area contributed by atoms with Crippen LogP contribution in [0.3, 0.4) is 0 Å². The van der Waals surface area contributed by atoms with Crippen LogP contribution in [0.15, 0.2) is 42.5 Å². The molecule has 0 spiro atoms. The van der Waals surface area contributed by atoms with Crippen LogP contribution in [0.4, 0.5) is 5.13 Å². The number of amides is 1. The Morgan fingerprint density at radius 3 is 2.88 bits per heavy atom. The molecule has 0 unspecified atom stereocenters. The van der Waals surface area contributed by atoms with Gasteiger partial charge in [0.1, 0.15) is 11.5 Å². The van der Waals surface area contributed by atoms with E-state index in [9.17, 15) is 4.79 Å². The summed E-state index contributed by atoms with van der Waals surface area (Å²) in [6.45, 7) is 2.57. The average molecular weight is 356 g/mol. The zero-order valence-electron chi connectivity index (χ0n) is 14.2. The molecule has 0 aliphatic carbocycles. The summed E-state index contributed by atoms with van der Waals surface area (Å²) < 4.78 is 11.8. The van der Waals surface area contributed by atoms with Gasteiger partial charge in [0, 0.05) is 6.42 Å². The molecule has 1 heterocycles. The highest BCUT2D eigenvalue weighted by atomic mass is 32.1. The predicted octanol–water partition coefficient (Wildman–Crippen LogP) is 4.27. The van der Waals surface area contributed by atoms with Crippen LogP contribution < -0.4 is 14.8 Å². The first-order chi connectivity index (χ1) is 12.2. The quantitative estimate of drug-likeness (QED) is 0.686. The maximum absolute atomic E-state index is 12.2. The van der Waals surface area contributed by atoms with Crippen molar-refractivity contribution in [2.24, 2.45) is 0 Å². The van der Waals surface area contributed by atoms with Gasteiger partial charge in [-0.2, -0.15) is 0 Å². The molecule has 0 fully saturated rings. The van der Waals surface area contributed by atoms with Crippen molar-refractivity contribution in [3.63, 3.8) is 0 Å². The summed E-state index contributed by atoms with van der Waals surface area (Å²) in [5.74, 6) is 1.56. The van der Waals surface area contributed by atoms with E-state index in [-0.39, 0.29) is 5.91 Å². The number of benzene rings is 2. The molecular formula is C19H20N2O3S. The van der Waals surface area contributed by atoms with E-state index >= 15 is 0 Å². The maximum Gasteiger partial charge on any atom is 0.226 e. The predicted molar refractivity (Wildman–Crippen MR) is 101 cm³/mol. The number of rotatable bonds is 7. The average Bonchev–Trinajstić information content (AvgIpc) is 3.02. The second kappa shape index (κ2) is 7.98. The van der Waals surface area contributed by atoms with Gasteiger partial charge in [-0.3, -0.25) is 4.79 Å². The van der Waals surface area contributed by atoms with Crippen molar-refractivity contribution in [3.05, 3.63) is 48.0 Å². The Hall–Kier alpha value is -2.60. The number of nitrogens with one attached hydrogen (secondary N) is 1. The van der Waals surface area contributed by atoms with Crippen LogP contribution in [0.1, 0.15) is 18.9 Å². The molecular weight excluding hydrogens is 336 g/mol. The largest absolute Gasteiger partial charge is 0.496 e. The van der Waals surface area contributed by atoms with Gasteiger partial charge >= 0.3 is 0 Å². The third kappa shape index (κ3) is 4.28. The summed E-state index contributed by atoms with van der Waals surface area (Å²) in [5, 5.41) is 3.48. The number of hydrogen-bond acceptors (Lipinski definition) is 5. The van der Waals surface area contributed by atoms with E-state index in [2.05, 4.69) is 10.3 Å². The summed E-state index contributed by atoms with van der Waals surface area (Å²) >= 11 is 1.45. The first kappa shape index (κ1) is 17.2. The molecule has 5 nitrogen and oxygen atoms in total. The van der Waals surface area contributed by atoms with E-state index in [0.717, 1.165) is 27.3 Å². The molecule has 0 aliphatic heterocycles. The number of para-hydroxylation sites is 1. The number of fused-ring (bicyclic) bond motifs is 1. The van der Waals surface area contributed by atoms with E-state index in [0.29, 0.717) is 24.6 Å². The van der Waals surface area contributed by atoms with Crippen LogP contribution in [0.5, 0.6) is 11.5 Å². The van der Waals surface area contributed by atoms with Gasteiger partial charge in [-0.1, -0.05) is 29.5 Å². The van der Waals surface area contributed by atoms with E-state index in [4.69, 9.17) is 9.47 Å². The number of aryl methyl sites for hydroxylation is 1. The Morgan fingerprint density at radius 2 is 2.08 bits per heavy atom. The number of carbonyl (C=O) groups excluding carboxylic acids is 1. The topological polar surface area (TPSA) is 60.5 Å². The van der Waals surface area contributed by atoms with Crippen LogP contribution >= 0.6 is 11.3 Å². The van der Waals surface area contributed by atoms with Crippen LogP contribution in [-0.2, 0) is 11.2 Å². The number of aromatic nitrogens is 1. The Morgan fingerprint density at radius 1 is 1.24 bits per heavy atom. The van der Waals surface area contributed by atoms with Crippen molar-refractivity contribution in [1.82, 2.24) is 4.98 Å². The van der Waals surface area contributed by atoms with Crippen molar-refractivity contribution in [2.45, 2.75) is 19.8 Å². The Balaban J connectivity index is 1.63. The minimum Gasteiger partial charge on any atom is -0.496 e. The Kier molecular flexibility index (Phi) is 5.50. The minimum absolute atomic E-state index is 0.0602. The lowest BCUT2D eigenvalue weighted by Crippen LogP contribution is -2.12. The minimum atomic E-state index is -0.0602. The van der Waals surface area contributed by atoms with Crippen molar-refractivity contribution in [2.75, 3.05) is 19.0 Å². The summed E-state index contributed by atoms with van der Waals surface area (Å²) in [7, 11) is 1.64. The van der Waals surface area contributed by atoms with Crippen LogP contribution in [0, 0.1) is 0 Å². The van der Waals surface area contributed by atoms with Gasteiger partial charge in [-0.15, -0.1) is 0 Å². The smallest absolute Gasteiger partial charge is 0.226 e. The molecule has 1 N–H and O–H groups in total. The van der Waals surface area contributed by atoms with Crippen molar-refractivity contribution in [1.29, 1.82) is 0 Å². The second-order valence-corrected chi connectivity index (χ2v) is 6.47. The van der Waals surface area contributed by atoms with Gasteiger partial charge in [-0.05, 0) is 43.2 Å². The van der Waals surface area contributed by atoms with Crippen LogP contribution in [0.25, 0.3) is 10.2 Å². The molecule has 3 aromatic rings. The first-order valence-corrected chi connectivity index (χ1v) is 8.96. The molecule has 0 radical (unpaired) electrons. The molecule has 0 saturated carbocycles. The lowest BCUT2D eigenvalue weighted by atomic mass is 10.1. The number of ether oxygens (including phenoxy) is 2. The summed E-state index contributed by atoms with van der Waals surface area (Å²) in [6.07, 6.45) is 0.996. The monoisotopic (exact) mass is 356 g/mol. The van der Waals surface area contributed by atoms with Gasteiger partial charge < -0.3 is 14.8 Å². The van der Waals surface area contributed by atoms with Gasteiger partial charge in [0.2, 0.25) is 5.91 Å². The lowest BCUT2D eigenvalue weighted by molar-refractivity contribution is -0.116. The molecule has 1 amide bonds. The van der Waals surface area contributed by atoms with Crippen LogP contribution in [0.2, 0.25) is 0 Å². The van der Waals surface area contributed by atoms with Crippen molar-refractivity contribution < 1.29 is 14.3 Å². The summed E-state index contributed by atoms with van der Waals surface area (Å²) in [5.41, 5.74) is 1.87. The van der Waals surface area contributed by atoms with Gasteiger partial charge in [0.05, 0.1) is 23.9 Å². The molecule has 1 aromatic heterocycles. The van der Waals surface area contributed by atoms with Gasteiger partial charge in [0.15, 0.2) is 5.13 Å². The van der Waals surface area contributed by atoms with Gasteiger partial charge in [-0.25, -0.2) is 4.98 Å². The number of methoxy groups -OCH3 is 1. The molecule has 25 heavy (non-hydrogen) atoms. The molecule has 6 heteroatoms. The standard InChI is InChI=1S/C19H20N2O3S/c1-3-24-14-9-10-15-17(12-14)25-19(20-15)21-18(22)11-8-13-6-4-5-7-16(13)23-2/h4-7,9-10,12H,3,8,11H2,1-2H3,(H,20,21,22). The number of thiazole rings is 1. The van der Waals surface area contributed by atoms with E-state index < -0.39 is 0 Å². The Bertz CT molecular complexity index is 876. The molecule has 3 rings (SSSR count). The fourth-order valence-electron chi connectivity index (χ4n) is 2.55. The second-order valence-electron chi connectivity index (χ2n) is 5.44. The van der Waals surface area contributed by atoms with E-state index in [1.54, 1.807) is 7.11 Å². The molecule has 0 saturated heterocycles. The highest BCUT2D eigenvalue weighted by Gasteiger charge is 2.10. The molecule has 130 valence electrons. The van der Waals surface area contributed by atoms with E-state index in [1.807, 2.05) is 49.4 Å². The zero-order chi connectivity index (χ0) is 17.6. The maximum atomic E-state index is 12.2. The molecule has 2 aromatic carbocycles. The van der Waals surface area contributed by atoms with Crippen molar-refractivity contribution in [3.8, 4) is 11.5 Å². The normalized spacial score (nSPS) is 10.6. The van der Waals surface area contributed by atoms with E-state index in [1.165, 1.54) is 11.3 Å². The fourth-order valence-corrected chi connectivity index (χ4v) is 3.46. The number of anilines is 1. The lowest BCUT2D eigenvalue weighted by Gasteiger charge is -2.07.